The van der Waals surface area contributed by atoms with Crippen LogP contribution in [0, 0.1) is 17.0 Å². The predicted molar refractivity (Wildman–Crippen MR) is 73.6 cm³/mol. The Bertz CT molecular complexity index is 622. The molecule has 5 nitrogen and oxygen atoms in total. The van der Waals surface area contributed by atoms with Gasteiger partial charge in [-0.25, -0.2) is 4.68 Å². The van der Waals surface area contributed by atoms with Gasteiger partial charge in [0.15, 0.2) is 0 Å². The van der Waals surface area contributed by atoms with Gasteiger partial charge in [-0.15, -0.1) is 0 Å². The Morgan fingerprint density at radius 3 is 2.63 bits per heavy atom. The second-order valence-electron chi connectivity index (χ2n) is 4.28. The SMILES string of the molecule is CCc1nn(Cc2ccccc2C)c(Cl)c1[N+](=O)[O-]. The smallest absolute Gasteiger partial charge is 0.258 e. The van der Waals surface area contributed by atoms with Crippen LogP contribution in [0.1, 0.15) is 23.7 Å². The molecule has 0 saturated heterocycles. The van der Waals surface area contributed by atoms with Crippen molar-refractivity contribution in [2.24, 2.45) is 0 Å². The highest BCUT2D eigenvalue weighted by Gasteiger charge is 2.25. The van der Waals surface area contributed by atoms with E-state index >= 15 is 0 Å². The molecule has 19 heavy (non-hydrogen) atoms. The average Bonchev–Trinajstić information content (AvgIpc) is 2.69. The topological polar surface area (TPSA) is 61.0 Å². The van der Waals surface area contributed by atoms with E-state index in [1.807, 2.05) is 38.1 Å². The normalized spacial score (nSPS) is 10.7. The van der Waals surface area contributed by atoms with Crippen LogP contribution in [0.25, 0.3) is 0 Å². The van der Waals surface area contributed by atoms with Gasteiger partial charge in [-0.05, 0) is 24.5 Å². The van der Waals surface area contributed by atoms with Gasteiger partial charge in [0.1, 0.15) is 5.69 Å². The van der Waals surface area contributed by atoms with Crippen LogP contribution in [0.4, 0.5) is 5.69 Å². The molecule has 1 aromatic carbocycles. The summed E-state index contributed by atoms with van der Waals surface area (Å²) in [5, 5.41) is 15.3. The third-order valence-corrected chi connectivity index (χ3v) is 3.41. The number of hydrogen-bond donors (Lipinski definition) is 0. The molecular weight excluding hydrogens is 266 g/mol. The first-order chi connectivity index (χ1) is 9.04. The number of aromatic nitrogens is 2. The van der Waals surface area contributed by atoms with E-state index in [1.165, 1.54) is 4.68 Å². The Morgan fingerprint density at radius 1 is 1.42 bits per heavy atom. The molecule has 0 aliphatic rings. The molecule has 2 aromatic rings. The van der Waals surface area contributed by atoms with Gasteiger partial charge in [0, 0.05) is 0 Å². The zero-order valence-electron chi connectivity index (χ0n) is 10.8. The first-order valence-electron chi connectivity index (χ1n) is 5.98. The molecule has 0 saturated carbocycles. The summed E-state index contributed by atoms with van der Waals surface area (Å²) in [5.74, 6) is 0. The van der Waals surface area contributed by atoms with E-state index in [2.05, 4.69) is 5.10 Å². The summed E-state index contributed by atoms with van der Waals surface area (Å²) in [7, 11) is 0. The van der Waals surface area contributed by atoms with E-state index in [-0.39, 0.29) is 10.8 Å². The summed E-state index contributed by atoms with van der Waals surface area (Å²) >= 11 is 6.06. The van der Waals surface area contributed by atoms with Gasteiger partial charge in [0.05, 0.1) is 11.5 Å². The highest BCUT2D eigenvalue weighted by molar-refractivity contribution is 6.31. The lowest BCUT2D eigenvalue weighted by atomic mass is 10.1. The second-order valence-corrected chi connectivity index (χ2v) is 4.64. The number of rotatable bonds is 4. The fourth-order valence-electron chi connectivity index (χ4n) is 1.95. The molecule has 0 aliphatic carbocycles. The molecule has 0 atom stereocenters. The van der Waals surface area contributed by atoms with Crippen molar-refractivity contribution in [3.05, 3.63) is 56.4 Å². The van der Waals surface area contributed by atoms with Crippen LogP contribution in [0.2, 0.25) is 5.15 Å². The Balaban J connectivity index is 2.42. The van der Waals surface area contributed by atoms with Crippen LogP contribution in [-0.2, 0) is 13.0 Å². The molecule has 0 spiro atoms. The summed E-state index contributed by atoms with van der Waals surface area (Å²) in [6.45, 7) is 4.25. The molecule has 0 N–H and O–H groups in total. The van der Waals surface area contributed by atoms with Crippen molar-refractivity contribution in [2.75, 3.05) is 0 Å². The van der Waals surface area contributed by atoms with E-state index < -0.39 is 4.92 Å². The molecule has 100 valence electrons. The Kier molecular flexibility index (Phi) is 3.85. The van der Waals surface area contributed by atoms with Crippen molar-refractivity contribution in [1.29, 1.82) is 0 Å². The van der Waals surface area contributed by atoms with Gasteiger partial charge in [0.2, 0.25) is 5.15 Å². The van der Waals surface area contributed by atoms with Gasteiger partial charge in [-0.3, -0.25) is 10.1 Å². The van der Waals surface area contributed by atoms with Crippen molar-refractivity contribution in [2.45, 2.75) is 26.8 Å². The van der Waals surface area contributed by atoms with Crippen molar-refractivity contribution < 1.29 is 4.92 Å². The molecule has 2 rings (SSSR count). The average molecular weight is 280 g/mol. The van der Waals surface area contributed by atoms with Gasteiger partial charge >= 0.3 is 5.69 Å². The second kappa shape index (κ2) is 5.40. The molecule has 0 fully saturated rings. The van der Waals surface area contributed by atoms with Crippen LogP contribution >= 0.6 is 11.6 Å². The van der Waals surface area contributed by atoms with E-state index in [9.17, 15) is 10.1 Å². The fourth-order valence-corrected chi connectivity index (χ4v) is 2.23. The number of benzene rings is 1. The zero-order chi connectivity index (χ0) is 14.0. The van der Waals surface area contributed by atoms with Crippen molar-refractivity contribution in [3.8, 4) is 0 Å². The minimum atomic E-state index is -0.470. The van der Waals surface area contributed by atoms with Crippen LogP contribution in [0.5, 0.6) is 0 Å². The lowest BCUT2D eigenvalue weighted by Gasteiger charge is -2.05. The van der Waals surface area contributed by atoms with Crippen molar-refractivity contribution in [3.63, 3.8) is 0 Å². The van der Waals surface area contributed by atoms with Gasteiger partial charge in [0.25, 0.3) is 0 Å². The molecule has 1 heterocycles. The van der Waals surface area contributed by atoms with E-state index in [0.717, 1.165) is 11.1 Å². The van der Waals surface area contributed by atoms with Crippen molar-refractivity contribution >= 4 is 17.3 Å². The number of aryl methyl sites for hydroxylation is 2. The zero-order valence-corrected chi connectivity index (χ0v) is 11.5. The maximum Gasteiger partial charge on any atom is 0.329 e. The van der Waals surface area contributed by atoms with Gasteiger partial charge in [-0.2, -0.15) is 5.10 Å². The maximum atomic E-state index is 11.0. The van der Waals surface area contributed by atoms with E-state index in [0.29, 0.717) is 18.7 Å². The quantitative estimate of drug-likeness (QED) is 0.637. The van der Waals surface area contributed by atoms with Gasteiger partial charge in [-0.1, -0.05) is 42.8 Å². The molecule has 0 aliphatic heterocycles. The Labute approximate surface area is 116 Å². The molecular formula is C13H14ClN3O2. The summed E-state index contributed by atoms with van der Waals surface area (Å²) in [5.41, 5.74) is 2.49. The first-order valence-corrected chi connectivity index (χ1v) is 6.36. The van der Waals surface area contributed by atoms with Crippen molar-refractivity contribution in [1.82, 2.24) is 9.78 Å². The third-order valence-electron chi connectivity index (χ3n) is 3.04. The molecule has 0 radical (unpaired) electrons. The molecule has 0 bridgehead atoms. The molecule has 1 aromatic heterocycles. The van der Waals surface area contributed by atoms with E-state index in [1.54, 1.807) is 0 Å². The third kappa shape index (κ3) is 2.61. The number of nitrogens with zero attached hydrogens (tertiary/aromatic N) is 3. The highest BCUT2D eigenvalue weighted by atomic mass is 35.5. The van der Waals surface area contributed by atoms with E-state index in [4.69, 9.17) is 11.6 Å². The lowest BCUT2D eigenvalue weighted by molar-refractivity contribution is -0.385. The summed E-state index contributed by atoms with van der Waals surface area (Å²) < 4.78 is 1.49. The summed E-state index contributed by atoms with van der Waals surface area (Å²) in [4.78, 5) is 10.5. The predicted octanol–water partition coefficient (Wildman–Crippen LogP) is 3.36. The lowest BCUT2D eigenvalue weighted by Crippen LogP contribution is -2.04. The van der Waals surface area contributed by atoms with Crippen LogP contribution in [-0.4, -0.2) is 14.7 Å². The van der Waals surface area contributed by atoms with Crippen LogP contribution in [0.3, 0.4) is 0 Å². The summed E-state index contributed by atoms with van der Waals surface area (Å²) in [6, 6.07) is 7.82. The Hall–Kier alpha value is -1.88. The standard InChI is InChI=1S/C13H14ClN3O2/c1-3-11-12(17(18)19)13(14)16(15-11)8-10-7-5-4-6-9(10)2/h4-7H,3,8H2,1-2H3. The minimum absolute atomic E-state index is 0.0854. The highest BCUT2D eigenvalue weighted by Crippen LogP contribution is 2.29. The fraction of sp³-hybridized carbons (Fsp3) is 0.308. The van der Waals surface area contributed by atoms with Crippen LogP contribution < -0.4 is 0 Å². The molecule has 0 amide bonds. The number of hydrogen-bond acceptors (Lipinski definition) is 3. The first kappa shape index (κ1) is 13.5. The maximum absolute atomic E-state index is 11.0. The Morgan fingerprint density at radius 2 is 2.11 bits per heavy atom. The largest absolute Gasteiger partial charge is 0.329 e. The summed E-state index contributed by atoms with van der Waals surface area (Å²) in [6.07, 6.45) is 0.483. The monoisotopic (exact) mass is 279 g/mol. The minimum Gasteiger partial charge on any atom is -0.258 e. The van der Waals surface area contributed by atoms with Crippen LogP contribution in [0.15, 0.2) is 24.3 Å². The number of halogens is 1. The van der Waals surface area contributed by atoms with Gasteiger partial charge < -0.3 is 0 Å². The molecule has 0 unspecified atom stereocenters. The number of nitro groups is 1. The molecule has 6 heteroatoms.